The minimum Gasteiger partial charge on any atom is -0.466 e. The van der Waals surface area contributed by atoms with E-state index in [1.165, 1.54) is 7.11 Å². The Morgan fingerprint density at radius 2 is 1.86 bits per heavy atom. The fourth-order valence-electron chi connectivity index (χ4n) is 4.73. The zero-order valence-electron chi connectivity index (χ0n) is 19.8. The number of benzene rings is 3. The van der Waals surface area contributed by atoms with Crippen LogP contribution in [0.4, 0.5) is 5.69 Å². The van der Waals surface area contributed by atoms with Gasteiger partial charge in [0, 0.05) is 23.5 Å². The number of aliphatic imine (C=N–C) groups is 1. The zero-order valence-corrected chi connectivity index (χ0v) is 20.6. The number of methoxy groups -OCH3 is 1. The SMILES string of the molecule is CCC1=C(C(=O)OC)[C@@H](c2ccc(NC(=O)c3cccc4ccccc34)cc2)N2CCCSC2=N1. The molecule has 0 aromatic heterocycles. The Kier molecular flexibility index (Phi) is 6.59. The highest BCUT2D eigenvalue weighted by molar-refractivity contribution is 8.13. The van der Waals surface area contributed by atoms with Crippen molar-refractivity contribution < 1.29 is 14.3 Å². The van der Waals surface area contributed by atoms with Crippen molar-refractivity contribution in [1.82, 2.24) is 4.90 Å². The van der Waals surface area contributed by atoms with E-state index in [4.69, 9.17) is 9.73 Å². The molecule has 6 nitrogen and oxygen atoms in total. The molecule has 5 rings (SSSR count). The molecule has 2 aliphatic heterocycles. The van der Waals surface area contributed by atoms with Crippen LogP contribution in [0.15, 0.2) is 83.0 Å². The second kappa shape index (κ2) is 9.96. The second-order valence-electron chi connectivity index (χ2n) is 8.50. The van der Waals surface area contributed by atoms with Gasteiger partial charge in [-0.15, -0.1) is 0 Å². The number of ether oxygens (including phenoxy) is 1. The largest absolute Gasteiger partial charge is 0.466 e. The third kappa shape index (κ3) is 4.44. The molecule has 35 heavy (non-hydrogen) atoms. The molecule has 0 bridgehead atoms. The minimum absolute atomic E-state index is 0.155. The topological polar surface area (TPSA) is 71.0 Å². The fraction of sp³-hybridized carbons (Fsp3) is 0.250. The van der Waals surface area contributed by atoms with Gasteiger partial charge in [-0.25, -0.2) is 9.79 Å². The van der Waals surface area contributed by atoms with Gasteiger partial charge in [-0.3, -0.25) is 4.79 Å². The lowest BCUT2D eigenvalue weighted by molar-refractivity contribution is -0.136. The van der Waals surface area contributed by atoms with Crippen molar-refractivity contribution >= 4 is 45.3 Å². The highest BCUT2D eigenvalue weighted by atomic mass is 32.2. The molecule has 0 saturated carbocycles. The van der Waals surface area contributed by atoms with Gasteiger partial charge in [-0.05, 0) is 47.4 Å². The summed E-state index contributed by atoms with van der Waals surface area (Å²) in [5.41, 5.74) is 3.66. The monoisotopic (exact) mass is 485 g/mol. The number of anilines is 1. The maximum atomic E-state index is 13.1. The molecule has 2 heterocycles. The minimum atomic E-state index is -0.349. The lowest BCUT2D eigenvalue weighted by Gasteiger charge is -2.40. The van der Waals surface area contributed by atoms with Gasteiger partial charge in [0.2, 0.25) is 0 Å². The van der Waals surface area contributed by atoms with Crippen LogP contribution in [0.3, 0.4) is 0 Å². The van der Waals surface area contributed by atoms with Crippen molar-refractivity contribution in [1.29, 1.82) is 0 Å². The van der Waals surface area contributed by atoms with Gasteiger partial charge in [0.15, 0.2) is 5.17 Å². The number of fused-ring (bicyclic) bond motifs is 2. The zero-order chi connectivity index (χ0) is 24.4. The molecule has 0 unspecified atom stereocenters. The molecule has 1 fully saturated rings. The van der Waals surface area contributed by atoms with Crippen LogP contribution in [-0.4, -0.2) is 41.4 Å². The van der Waals surface area contributed by atoms with E-state index in [1.54, 1.807) is 11.8 Å². The average Bonchev–Trinajstić information content (AvgIpc) is 2.91. The van der Waals surface area contributed by atoms with Gasteiger partial charge >= 0.3 is 5.97 Å². The first-order valence-corrected chi connectivity index (χ1v) is 12.8. The summed E-state index contributed by atoms with van der Waals surface area (Å²) < 4.78 is 5.16. The van der Waals surface area contributed by atoms with Gasteiger partial charge in [0.05, 0.1) is 24.4 Å². The number of hydrogen-bond acceptors (Lipinski definition) is 6. The molecule has 0 spiro atoms. The summed E-state index contributed by atoms with van der Waals surface area (Å²) in [5.74, 6) is 0.516. The van der Waals surface area contributed by atoms with Crippen molar-refractivity contribution in [3.63, 3.8) is 0 Å². The standard InChI is InChI=1S/C28H27N3O3S/c1-3-23-24(27(33)34-2)25(31-16-7-17-35-28(31)30-23)19-12-14-20(15-13-19)29-26(32)22-11-6-9-18-8-4-5-10-21(18)22/h4-6,8-15,25H,3,7,16-17H2,1-2H3,(H,29,32)/t25-/m1/s1. The van der Waals surface area contributed by atoms with E-state index < -0.39 is 0 Å². The van der Waals surface area contributed by atoms with Crippen molar-refractivity contribution in [3.8, 4) is 0 Å². The maximum absolute atomic E-state index is 13.1. The molecule has 3 aromatic carbocycles. The van der Waals surface area contributed by atoms with E-state index in [9.17, 15) is 9.59 Å². The molecule has 1 N–H and O–H groups in total. The summed E-state index contributed by atoms with van der Waals surface area (Å²) >= 11 is 1.73. The van der Waals surface area contributed by atoms with Crippen LogP contribution in [0.25, 0.3) is 10.8 Å². The Hall–Kier alpha value is -3.58. The van der Waals surface area contributed by atoms with E-state index in [2.05, 4.69) is 10.2 Å². The van der Waals surface area contributed by atoms with Crippen LogP contribution in [0.5, 0.6) is 0 Å². The Labute approximate surface area is 209 Å². The van der Waals surface area contributed by atoms with Gasteiger partial charge < -0.3 is 15.0 Å². The number of carbonyl (C=O) groups is 2. The third-order valence-corrected chi connectivity index (χ3v) is 7.48. The molecule has 178 valence electrons. The Morgan fingerprint density at radius 1 is 1.09 bits per heavy atom. The summed E-state index contributed by atoms with van der Waals surface area (Å²) in [7, 11) is 1.41. The van der Waals surface area contributed by atoms with Crippen LogP contribution in [0.2, 0.25) is 0 Å². The quantitative estimate of drug-likeness (QED) is 0.464. The number of nitrogens with one attached hydrogen (secondary N) is 1. The number of rotatable bonds is 5. The van der Waals surface area contributed by atoms with Gasteiger partial charge in [-0.2, -0.15) is 0 Å². The predicted molar refractivity (Wildman–Crippen MR) is 142 cm³/mol. The number of carbonyl (C=O) groups excluding carboxylic acids is 2. The normalized spacial score (nSPS) is 17.6. The van der Waals surface area contributed by atoms with E-state index in [1.807, 2.05) is 73.7 Å². The number of esters is 1. The van der Waals surface area contributed by atoms with E-state index >= 15 is 0 Å². The Bertz CT molecular complexity index is 1340. The van der Waals surface area contributed by atoms with Gasteiger partial charge in [0.25, 0.3) is 5.91 Å². The summed E-state index contributed by atoms with van der Waals surface area (Å²) in [5, 5.41) is 5.92. The van der Waals surface area contributed by atoms with Crippen LogP contribution in [-0.2, 0) is 9.53 Å². The third-order valence-electron chi connectivity index (χ3n) is 6.41. The molecule has 3 aromatic rings. The molecule has 0 aliphatic carbocycles. The first kappa shape index (κ1) is 23.2. The van der Waals surface area contributed by atoms with Gasteiger partial charge in [-0.1, -0.05) is 67.2 Å². The number of nitrogens with zero attached hydrogens (tertiary/aromatic N) is 2. The van der Waals surface area contributed by atoms with Crippen molar-refractivity contribution in [2.75, 3.05) is 24.7 Å². The molecular weight excluding hydrogens is 458 g/mol. The van der Waals surface area contributed by atoms with E-state index in [0.29, 0.717) is 23.2 Å². The van der Waals surface area contributed by atoms with Crippen LogP contribution in [0, 0.1) is 0 Å². The second-order valence-corrected chi connectivity index (χ2v) is 9.56. The Morgan fingerprint density at radius 3 is 2.63 bits per heavy atom. The van der Waals surface area contributed by atoms with Gasteiger partial charge in [0.1, 0.15) is 0 Å². The van der Waals surface area contributed by atoms with E-state index in [0.717, 1.165) is 45.9 Å². The lowest BCUT2D eigenvalue weighted by atomic mass is 9.93. The molecule has 1 atom stereocenters. The highest BCUT2D eigenvalue weighted by Gasteiger charge is 2.38. The number of amidine groups is 1. The number of allylic oxidation sites excluding steroid dienone is 1. The predicted octanol–water partition coefficient (Wildman–Crippen LogP) is 5.78. The van der Waals surface area contributed by atoms with Crippen molar-refractivity contribution in [2.45, 2.75) is 25.8 Å². The van der Waals surface area contributed by atoms with Crippen LogP contribution < -0.4 is 5.32 Å². The lowest BCUT2D eigenvalue weighted by Crippen LogP contribution is -2.42. The molecule has 2 aliphatic rings. The Balaban J connectivity index is 1.45. The first-order chi connectivity index (χ1) is 17.1. The number of amides is 1. The van der Waals surface area contributed by atoms with Crippen molar-refractivity contribution in [2.24, 2.45) is 4.99 Å². The number of thioether (sulfide) groups is 1. The van der Waals surface area contributed by atoms with E-state index in [-0.39, 0.29) is 17.9 Å². The molecular formula is C28H27N3O3S. The smallest absolute Gasteiger partial charge is 0.338 e. The summed E-state index contributed by atoms with van der Waals surface area (Å²) in [4.78, 5) is 32.9. The average molecular weight is 486 g/mol. The molecule has 0 radical (unpaired) electrons. The van der Waals surface area contributed by atoms with Crippen molar-refractivity contribution in [3.05, 3.63) is 89.1 Å². The molecule has 7 heteroatoms. The summed E-state index contributed by atoms with van der Waals surface area (Å²) in [6.07, 6.45) is 1.67. The molecule has 1 saturated heterocycles. The maximum Gasteiger partial charge on any atom is 0.338 e. The molecule has 1 amide bonds. The summed E-state index contributed by atoms with van der Waals surface area (Å²) in [6, 6.07) is 21.0. The van der Waals surface area contributed by atoms with Crippen LogP contribution in [0.1, 0.15) is 41.7 Å². The summed E-state index contributed by atoms with van der Waals surface area (Å²) in [6.45, 7) is 2.84. The highest BCUT2D eigenvalue weighted by Crippen LogP contribution is 2.41. The van der Waals surface area contributed by atoms with Crippen LogP contribution >= 0.6 is 11.8 Å². The first-order valence-electron chi connectivity index (χ1n) is 11.8. The number of hydrogen-bond donors (Lipinski definition) is 1. The fourth-order valence-corrected chi connectivity index (χ4v) is 5.72.